The highest BCUT2D eigenvalue weighted by Crippen LogP contribution is 2.49. The van der Waals surface area contributed by atoms with Gasteiger partial charge >= 0.3 is 0 Å². The van der Waals surface area contributed by atoms with Crippen molar-refractivity contribution in [2.75, 3.05) is 32.7 Å². The molecule has 0 aromatic carbocycles. The van der Waals surface area contributed by atoms with E-state index in [0.717, 1.165) is 19.4 Å². The third-order valence-corrected chi connectivity index (χ3v) is 4.44. The average Bonchev–Trinajstić information content (AvgIpc) is 2.14. The van der Waals surface area contributed by atoms with Crippen LogP contribution in [0.3, 0.4) is 0 Å². The van der Waals surface area contributed by atoms with Gasteiger partial charge in [-0.15, -0.1) is 6.58 Å². The summed E-state index contributed by atoms with van der Waals surface area (Å²) in [6, 6.07) is 0. The van der Waals surface area contributed by atoms with Crippen molar-refractivity contribution in [3.63, 3.8) is 0 Å². The van der Waals surface area contributed by atoms with Crippen LogP contribution in [-0.2, 0) is 0 Å². The first-order valence-electron chi connectivity index (χ1n) is 6.49. The van der Waals surface area contributed by atoms with Gasteiger partial charge in [0.1, 0.15) is 0 Å². The van der Waals surface area contributed by atoms with Crippen molar-refractivity contribution < 1.29 is 0 Å². The summed E-state index contributed by atoms with van der Waals surface area (Å²) in [6.45, 7) is 20.8. The molecule has 0 aromatic heterocycles. The van der Waals surface area contributed by atoms with Crippen LogP contribution in [0.2, 0.25) is 0 Å². The number of hydrogen-bond donors (Lipinski definition) is 1. The topological polar surface area (TPSA) is 12.0 Å². The smallest absolute Gasteiger partial charge is 0.0591 e. The molecular formula is C15H31NP+. The Morgan fingerprint density at radius 2 is 1.88 bits per heavy atom. The Morgan fingerprint density at radius 3 is 2.35 bits per heavy atom. The summed E-state index contributed by atoms with van der Waals surface area (Å²) in [5.41, 5.74) is 1.54. The molecule has 0 rings (SSSR count). The first-order chi connectivity index (χ1) is 7.66. The van der Waals surface area contributed by atoms with Crippen LogP contribution in [0.15, 0.2) is 24.9 Å². The number of allylic oxidation sites excluding steroid dienone is 1. The molecule has 0 saturated heterocycles. The monoisotopic (exact) mass is 256 g/mol. The number of rotatable bonds is 9. The van der Waals surface area contributed by atoms with E-state index in [4.69, 9.17) is 0 Å². The summed E-state index contributed by atoms with van der Waals surface area (Å²) in [4.78, 5) is 0. The zero-order chi connectivity index (χ0) is 13.5. The van der Waals surface area contributed by atoms with Gasteiger partial charge in [-0.1, -0.05) is 26.5 Å². The second kappa shape index (κ2) is 7.21. The normalized spacial score (nSPS) is 12.3. The minimum absolute atomic E-state index is 0.367. The maximum Gasteiger partial charge on any atom is 0.0591 e. The van der Waals surface area contributed by atoms with Gasteiger partial charge in [-0.25, -0.2) is 0 Å². The zero-order valence-corrected chi connectivity index (χ0v) is 13.4. The maximum atomic E-state index is 4.12. The maximum absolute atomic E-state index is 4.12. The van der Waals surface area contributed by atoms with E-state index in [1.807, 2.05) is 6.08 Å². The summed E-state index contributed by atoms with van der Waals surface area (Å²) in [6.07, 6.45) is 6.69. The highest BCUT2D eigenvalue weighted by molar-refractivity contribution is 7.73. The Balaban J connectivity index is 3.98. The van der Waals surface area contributed by atoms with Gasteiger partial charge in [0.05, 0.1) is 6.16 Å². The number of hydrogen-bond acceptors (Lipinski definition) is 1. The summed E-state index contributed by atoms with van der Waals surface area (Å²) in [5, 5.41) is 3.38. The van der Waals surface area contributed by atoms with Crippen LogP contribution < -0.4 is 5.32 Å². The Hall–Kier alpha value is -0.290. The summed E-state index contributed by atoms with van der Waals surface area (Å²) in [7, 11) is -0.645. The second-order valence-electron chi connectivity index (χ2n) is 6.71. The van der Waals surface area contributed by atoms with Crippen LogP contribution in [0.4, 0.5) is 0 Å². The van der Waals surface area contributed by atoms with E-state index in [9.17, 15) is 0 Å². The van der Waals surface area contributed by atoms with E-state index >= 15 is 0 Å². The van der Waals surface area contributed by atoms with Gasteiger partial charge in [0.2, 0.25) is 0 Å². The van der Waals surface area contributed by atoms with Gasteiger partial charge in [0.25, 0.3) is 0 Å². The first kappa shape index (κ1) is 16.7. The molecule has 0 radical (unpaired) electrons. The lowest BCUT2D eigenvalue weighted by molar-refractivity contribution is 0.343. The Morgan fingerprint density at radius 1 is 1.29 bits per heavy atom. The molecule has 1 nitrogen and oxygen atoms in total. The van der Waals surface area contributed by atoms with Gasteiger partial charge < -0.3 is 5.32 Å². The third-order valence-electron chi connectivity index (χ3n) is 2.87. The molecule has 17 heavy (non-hydrogen) atoms. The molecule has 0 unspecified atom stereocenters. The molecule has 0 fully saturated rings. The largest absolute Gasteiger partial charge is 0.388 e. The fourth-order valence-electron chi connectivity index (χ4n) is 1.72. The molecule has 0 spiro atoms. The van der Waals surface area contributed by atoms with E-state index in [1.54, 1.807) is 0 Å². The lowest BCUT2D eigenvalue weighted by atomic mass is 9.85. The van der Waals surface area contributed by atoms with Gasteiger partial charge in [-0.05, 0) is 24.7 Å². The SMILES string of the molecule is C=CCCNC(=C)CC(C)(C)CC[P+](C)(C)C. The molecular weight excluding hydrogens is 225 g/mol. The van der Waals surface area contributed by atoms with E-state index in [-0.39, 0.29) is 0 Å². The van der Waals surface area contributed by atoms with Crippen molar-refractivity contribution in [1.82, 2.24) is 5.32 Å². The predicted molar refractivity (Wildman–Crippen MR) is 84.5 cm³/mol. The molecule has 2 heteroatoms. The molecule has 1 N–H and O–H groups in total. The fraction of sp³-hybridized carbons (Fsp3) is 0.733. The summed E-state index contributed by atoms with van der Waals surface area (Å²) < 4.78 is 0. The van der Waals surface area contributed by atoms with E-state index in [2.05, 4.69) is 52.3 Å². The predicted octanol–water partition coefficient (Wildman–Crippen LogP) is 4.38. The van der Waals surface area contributed by atoms with Crippen molar-refractivity contribution in [1.29, 1.82) is 0 Å². The molecule has 100 valence electrons. The van der Waals surface area contributed by atoms with Crippen molar-refractivity contribution in [2.24, 2.45) is 5.41 Å². The Labute approximate surface area is 109 Å². The highest BCUT2D eigenvalue weighted by atomic mass is 31.2. The quantitative estimate of drug-likeness (QED) is 0.367. The van der Waals surface area contributed by atoms with Gasteiger partial charge in [0, 0.05) is 39.5 Å². The number of nitrogens with one attached hydrogen (secondary N) is 1. The van der Waals surface area contributed by atoms with Crippen molar-refractivity contribution >= 4 is 7.26 Å². The molecule has 0 aliphatic heterocycles. The van der Waals surface area contributed by atoms with Gasteiger partial charge in [-0.2, -0.15) is 0 Å². The molecule has 0 amide bonds. The fourth-order valence-corrected chi connectivity index (χ4v) is 2.99. The lowest BCUT2D eigenvalue weighted by Gasteiger charge is -2.27. The molecule has 0 aliphatic carbocycles. The van der Waals surface area contributed by atoms with Crippen molar-refractivity contribution in [2.45, 2.75) is 33.1 Å². The van der Waals surface area contributed by atoms with Crippen molar-refractivity contribution in [3.8, 4) is 0 Å². The Bertz CT molecular complexity index is 248. The van der Waals surface area contributed by atoms with Crippen molar-refractivity contribution in [3.05, 3.63) is 24.9 Å². The van der Waals surface area contributed by atoms with Crippen LogP contribution >= 0.6 is 7.26 Å². The summed E-state index contributed by atoms with van der Waals surface area (Å²) >= 11 is 0. The van der Waals surface area contributed by atoms with E-state index in [0.29, 0.717) is 5.41 Å². The Kier molecular flexibility index (Phi) is 7.09. The molecule has 0 aromatic rings. The van der Waals surface area contributed by atoms with Crippen LogP contribution in [-0.4, -0.2) is 32.7 Å². The average molecular weight is 256 g/mol. The second-order valence-corrected chi connectivity index (χ2v) is 11.7. The van der Waals surface area contributed by atoms with Crippen LogP contribution in [0.5, 0.6) is 0 Å². The summed E-state index contributed by atoms with van der Waals surface area (Å²) in [5.74, 6) is 0. The molecule has 0 aliphatic rings. The highest BCUT2D eigenvalue weighted by Gasteiger charge is 2.25. The first-order valence-corrected chi connectivity index (χ1v) is 9.81. The van der Waals surface area contributed by atoms with Crippen LogP contribution in [0, 0.1) is 5.41 Å². The van der Waals surface area contributed by atoms with Gasteiger partial charge in [0.15, 0.2) is 0 Å². The molecule has 0 saturated carbocycles. The van der Waals surface area contributed by atoms with Crippen LogP contribution in [0.25, 0.3) is 0 Å². The lowest BCUT2D eigenvalue weighted by Crippen LogP contribution is -2.21. The molecule has 0 bridgehead atoms. The molecule has 0 atom stereocenters. The van der Waals surface area contributed by atoms with Gasteiger partial charge in [-0.3, -0.25) is 0 Å². The van der Waals surface area contributed by atoms with Crippen LogP contribution in [0.1, 0.15) is 33.1 Å². The molecule has 0 heterocycles. The minimum atomic E-state index is -0.645. The minimum Gasteiger partial charge on any atom is -0.388 e. The van der Waals surface area contributed by atoms with E-state index in [1.165, 1.54) is 18.3 Å². The third kappa shape index (κ3) is 10.6. The zero-order valence-electron chi connectivity index (χ0n) is 12.5. The standard InChI is InChI=1S/C15H31NP/c1-8-9-11-16-14(2)13-15(3,4)10-12-17(5,6)7/h8,16H,1-2,9-13H2,3-7H3/q+1. The van der Waals surface area contributed by atoms with E-state index < -0.39 is 7.26 Å².